The number of rotatable bonds is 2. The highest BCUT2D eigenvalue weighted by Gasteiger charge is 2.39. The number of pyridine rings is 1. The number of aromatic nitrogens is 1. The number of hydrogen-bond donors (Lipinski definition) is 2. The maximum atomic E-state index is 10.5. The minimum Gasteiger partial charge on any atom is -0.382 e. The van der Waals surface area contributed by atoms with Gasteiger partial charge >= 0.3 is 0 Å². The third-order valence-corrected chi connectivity index (χ3v) is 3.78. The van der Waals surface area contributed by atoms with E-state index in [1.807, 2.05) is 18.3 Å². The second-order valence-corrected chi connectivity index (χ2v) is 5.06. The highest BCUT2D eigenvalue weighted by Crippen LogP contribution is 2.32. The Morgan fingerprint density at radius 2 is 2.00 bits per heavy atom. The fourth-order valence-corrected chi connectivity index (χ4v) is 2.67. The third kappa shape index (κ3) is 1.91. The molecule has 17 heavy (non-hydrogen) atoms. The molecule has 0 aromatic carbocycles. The zero-order valence-corrected chi connectivity index (χ0v) is 10.0. The largest absolute Gasteiger partial charge is 0.382 e. The maximum absolute atomic E-state index is 10.5. The lowest BCUT2D eigenvalue weighted by molar-refractivity contribution is -0.0145. The van der Waals surface area contributed by atoms with Gasteiger partial charge in [0.2, 0.25) is 0 Å². The first-order valence-electron chi connectivity index (χ1n) is 6.43. The summed E-state index contributed by atoms with van der Waals surface area (Å²) in [5.41, 5.74) is 0.279. The van der Waals surface area contributed by atoms with Crippen molar-refractivity contribution in [1.82, 2.24) is 10.3 Å². The molecule has 2 aliphatic heterocycles. The van der Waals surface area contributed by atoms with Crippen LogP contribution in [0.4, 0.5) is 5.82 Å². The number of nitrogens with one attached hydrogen (secondary N) is 1. The Morgan fingerprint density at radius 3 is 2.65 bits per heavy atom. The molecule has 0 amide bonds. The quantitative estimate of drug-likeness (QED) is 0.795. The van der Waals surface area contributed by atoms with Gasteiger partial charge in [-0.05, 0) is 25.3 Å². The summed E-state index contributed by atoms with van der Waals surface area (Å²) in [6.45, 7) is 3.40. The molecule has 0 bridgehead atoms. The summed E-state index contributed by atoms with van der Waals surface area (Å²) in [5.74, 6) is 0.983. The Bertz CT molecular complexity index is 397. The van der Waals surface area contributed by atoms with Gasteiger partial charge in [-0.25, -0.2) is 4.98 Å². The topological polar surface area (TPSA) is 48.4 Å². The van der Waals surface area contributed by atoms with Gasteiger partial charge in [-0.3, -0.25) is 0 Å². The fourth-order valence-electron chi connectivity index (χ4n) is 2.67. The van der Waals surface area contributed by atoms with Crippen LogP contribution < -0.4 is 10.2 Å². The second-order valence-electron chi connectivity index (χ2n) is 5.06. The Morgan fingerprint density at radius 1 is 1.24 bits per heavy atom. The molecule has 4 nitrogen and oxygen atoms in total. The van der Waals surface area contributed by atoms with Crippen molar-refractivity contribution in [2.45, 2.75) is 24.9 Å². The van der Waals surface area contributed by atoms with E-state index in [2.05, 4.69) is 15.2 Å². The molecule has 0 atom stereocenters. The minimum absolute atomic E-state index is 0.638. The zero-order chi connectivity index (χ0) is 11.7. The van der Waals surface area contributed by atoms with Crippen LogP contribution in [-0.4, -0.2) is 36.3 Å². The van der Waals surface area contributed by atoms with Gasteiger partial charge in [0.1, 0.15) is 11.4 Å². The molecular weight excluding hydrogens is 214 g/mol. The minimum atomic E-state index is -0.707. The van der Waals surface area contributed by atoms with Gasteiger partial charge in [-0.1, -0.05) is 6.07 Å². The Labute approximate surface area is 102 Å². The van der Waals surface area contributed by atoms with E-state index < -0.39 is 5.60 Å². The third-order valence-electron chi connectivity index (χ3n) is 3.78. The summed E-state index contributed by atoms with van der Waals surface area (Å²) in [6, 6.07) is 3.93. The van der Waals surface area contributed by atoms with Crippen molar-refractivity contribution in [3.05, 3.63) is 23.9 Å². The molecular formula is C13H19N3O. The predicted octanol–water partition coefficient (Wildman–Crippen LogP) is 0.863. The average Bonchev–Trinajstić information content (AvgIpc) is 2.37. The summed E-state index contributed by atoms with van der Waals surface area (Å²) in [5, 5.41) is 13.6. The normalized spacial score (nSPS) is 23.2. The molecule has 0 unspecified atom stereocenters. The van der Waals surface area contributed by atoms with Crippen molar-refractivity contribution in [1.29, 1.82) is 0 Å². The summed E-state index contributed by atoms with van der Waals surface area (Å²) >= 11 is 0. The molecule has 3 rings (SSSR count). The highest BCUT2D eigenvalue weighted by molar-refractivity contribution is 5.51. The summed E-state index contributed by atoms with van der Waals surface area (Å²) in [7, 11) is 0. The van der Waals surface area contributed by atoms with Crippen LogP contribution in [0.5, 0.6) is 0 Å². The SMILES string of the molecule is OC1(c2cccnc2N2CCCCC2)CNC1. The monoisotopic (exact) mass is 233 g/mol. The number of nitrogens with zero attached hydrogens (tertiary/aromatic N) is 2. The molecule has 0 spiro atoms. The van der Waals surface area contributed by atoms with Crippen LogP contribution in [0.25, 0.3) is 0 Å². The van der Waals surface area contributed by atoms with Gasteiger partial charge in [0.15, 0.2) is 0 Å². The van der Waals surface area contributed by atoms with Gasteiger partial charge in [0.05, 0.1) is 0 Å². The Balaban J connectivity index is 1.92. The van der Waals surface area contributed by atoms with Crippen LogP contribution in [0, 0.1) is 0 Å². The van der Waals surface area contributed by atoms with Crippen molar-refractivity contribution < 1.29 is 5.11 Å². The molecule has 2 N–H and O–H groups in total. The molecule has 2 saturated heterocycles. The molecule has 2 fully saturated rings. The molecule has 0 radical (unpaired) electrons. The predicted molar refractivity (Wildman–Crippen MR) is 67.1 cm³/mol. The first-order chi connectivity index (χ1) is 8.30. The smallest absolute Gasteiger partial charge is 0.134 e. The second kappa shape index (κ2) is 4.27. The Hall–Kier alpha value is -1.13. The van der Waals surface area contributed by atoms with Gasteiger partial charge in [0, 0.05) is 37.9 Å². The van der Waals surface area contributed by atoms with E-state index in [0.717, 1.165) is 24.5 Å². The van der Waals surface area contributed by atoms with E-state index >= 15 is 0 Å². The summed E-state index contributed by atoms with van der Waals surface area (Å²) in [4.78, 5) is 6.80. The zero-order valence-electron chi connectivity index (χ0n) is 10.0. The molecule has 92 valence electrons. The summed E-state index contributed by atoms with van der Waals surface area (Å²) in [6.07, 6.45) is 5.59. The molecule has 4 heteroatoms. The van der Waals surface area contributed by atoms with Crippen molar-refractivity contribution >= 4 is 5.82 Å². The van der Waals surface area contributed by atoms with Crippen LogP contribution in [0.3, 0.4) is 0 Å². The molecule has 1 aromatic rings. The van der Waals surface area contributed by atoms with E-state index in [-0.39, 0.29) is 0 Å². The molecule has 0 aliphatic carbocycles. The molecule has 0 saturated carbocycles. The first kappa shape index (κ1) is 11.0. The lowest BCUT2D eigenvalue weighted by Crippen LogP contribution is -2.57. The van der Waals surface area contributed by atoms with Gasteiger partial charge < -0.3 is 15.3 Å². The number of piperidine rings is 1. The van der Waals surface area contributed by atoms with Crippen molar-refractivity contribution in [3.63, 3.8) is 0 Å². The maximum Gasteiger partial charge on any atom is 0.134 e. The van der Waals surface area contributed by atoms with Crippen LogP contribution in [-0.2, 0) is 5.60 Å². The van der Waals surface area contributed by atoms with Gasteiger partial charge in [-0.15, -0.1) is 0 Å². The van der Waals surface area contributed by atoms with Gasteiger partial charge in [0.25, 0.3) is 0 Å². The lowest BCUT2D eigenvalue weighted by Gasteiger charge is -2.40. The van der Waals surface area contributed by atoms with Crippen molar-refractivity contribution in [2.75, 3.05) is 31.1 Å². The fraction of sp³-hybridized carbons (Fsp3) is 0.615. The van der Waals surface area contributed by atoms with Crippen LogP contribution in [0.1, 0.15) is 24.8 Å². The molecule has 2 aliphatic rings. The van der Waals surface area contributed by atoms with Gasteiger partial charge in [-0.2, -0.15) is 0 Å². The van der Waals surface area contributed by atoms with Crippen LogP contribution in [0.15, 0.2) is 18.3 Å². The standard InChI is InChI=1S/C13H19N3O/c17-13(9-14-10-13)11-5-4-6-15-12(11)16-7-2-1-3-8-16/h4-6,14,17H,1-3,7-10H2. The summed E-state index contributed by atoms with van der Waals surface area (Å²) < 4.78 is 0. The van der Waals surface area contributed by atoms with Crippen molar-refractivity contribution in [3.8, 4) is 0 Å². The first-order valence-corrected chi connectivity index (χ1v) is 6.43. The van der Waals surface area contributed by atoms with E-state index in [1.165, 1.54) is 19.3 Å². The van der Waals surface area contributed by atoms with Crippen LogP contribution in [0.2, 0.25) is 0 Å². The van der Waals surface area contributed by atoms with Crippen LogP contribution >= 0.6 is 0 Å². The van der Waals surface area contributed by atoms with E-state index in [1.54, 1.807) is 0 Å². The lowest BCUT2D eigenvalue weighted by atomic mass is 9.88. The number of aliphatic hydroxyl groups is 1. The van der Waals surface area contributed by atoms with E-state index in [4.69, 9.17) is 0 Å². The molecule has 3 heterocycles. The Kier molecular flexibility index (Phi) is 2.76. The number of β-amino-alcohol motifs (C(OH)–C–C–N with tert-alkyl or cyclic N) is 1. The highest BCUT2D eigenvalue weighted by atomic mass is 16.3. The van der Waals surface area contributed by atoms with E-state index in [9.17, 15) is 5.11 Å². The average molecular weight is 233 g/mol. The number of anilines is 1. The van der Waals surface area contributed by atoms with E-state index in [0.29, 0.717) is 13.1 Å². The molecule has 1 aromatic heterocycles. The van der Waals surface area contributed by atoms with Crippen molar-refractivity contribution in [2.24, 2.45) is 0 Å². The number of hydrogen-bond acceptors (Lipinski definition) is 4.